The second-order valence-electron chi connectivity index (χ2n) is 10.3. The summed E-state index contributed by atoms with van der Waals surface area (Å²) in [5.41, 5.74) is 1.43. The number of nitrogens with one attached hydrogen (secondary N) is 1. The molecule has 202 valence electrons. The fourth-order valence-electron chi connectivity index (χ4n) is 5.61. The maximum Gasteiger partial charge on any atom is 0.284 e. The van der Waals surface area contributed by atoms with Crippen molar-refractivity contribution in [2.75, 3.05) is 11.9 Å². The first-order valence-corrected chi connectivity index (χ1v) is 13.2. The Hall–Kier alpha value is -3.45. The SMILES string of the molecule is OCC1CCC(n2cc(-n3cc(-c4cnn5ccc(N[C@@H]6CCCC[C@@H]6O)nc45)nn3)c(C(F)F)n2)CC1. The van der Waals surface area contributed by atoms with E-state index >= 15 is 0 Å². The van der Waals surface area contributed by atoms with Crippen molar-refractivity contribution < 1.29 is 19.0 Å². The number of anilines is 1. The molecule has 6 rings (SSSR count). The highest BCUT2D eigenvalue weighted by Crippen LogP contribution is 2.34. The van der Waals surface area contributed by atoms with Crippen LogP contribution in [0.25, 0.3) is 22.6 Å². The van der Waals surface area contributed by atoms with E-state index in [4.69, 9.17) is 4.98 Å². The number of hydrogen-bond acceptors (Lipinski definition) is 8. The van der Waals surface area contributed by atoms with Crippen molar-refractivity contribution in [3.8, 4) is 16.9 Å². The van der Waals surface area contributed by atoms with Crippen LogP contribution in [0.15, 0.2) is 30.9 Å². The highest BCUT2D eigenvalue weighted by Gasteiger charge is 2.28. The fraction of sp³-hybridized carbons (Fsp3) is 0.560. The molecule has 13 heteroatoms. The molecular formula is C25H31F2N9O2. The summed E-state index contributed by atoms with van der Waals surface area (Å²) in [5, 5.41) is 40.0. The normalized spacial score (nSPS) is 24.3. The molecule has 2 saturated carbocycles. The molecule has 0 radical (unpaired) electrons. The molecule has 3 N–H and O–H groups in total. The molecule has 0 aliphatic heterocycles. The van der Waals surface area contributed by atoms with Crippen molar-refractivity contribution in [2.45, 2.75) is 76.0 Å². The van der Waals surface area contributed by atoms with E-state index in [-0.39, 0.29) is 36.0 Å². The van der Waals surface area contributed by atoms with Crippen molar-refractivity contribution in [1.29, 1.82) is 0 Å². The van der Waals surface area contributed by atoms with E-state index in [2.05, 4.69) is 25.8 Å². The first-order chi connectivity index (χ1) is 18.5. The van der Waals surface area contributed by atoms with Crippen LogP contribution in [0.2, 0.25) is 0 Å². The zero-order valence-electron chi connectivity index (χ0n) is 20.9. The van der Waals surface area contributed by atoms with Gasteiger partial charge in [-0.25, -0.2) is 23.0 Å². The summed E-state index contributed by atoms with van der Waals surface area (Å²) in [6.07, 6.45) is 10.3. The molecule has 0 unspecified atom stereocenters. The Labute approximate surface area is 217 Å². The molecule has 0 aromatic carbocycles. The van der Waals surface area contributed by atoms with Crippen molar-refractivity contribution in [3.05, 3.63) is 36.5 Å². The van der Waals surface area contributed by atoms with Gasteiger partial charge in [0.1, 0.15) is 17.2 Å². The minimum absolute atomic E-state index is 0.00413. The summed E-state index contributed by atoms with van der Waals surface area (Å²) >= 11 is 0. The minimum atomic E-state index is -2.77. The van der Waals surface area contributed by atoms with Crippen molar-refractivity contribution in [3.63, 3.8) is 0 Å². The lowest BCUT2D eigenvalue weighted by Gasteiger charge is -2.28. The number of fused-ring (bicyclic) bond motifs is 1. The van der Waals surface area contributed by atoms with Crippen LogP contribution >= 0.6 is 0 Å². The summed E-state index contributed by atoms with van der Waals surface area (Å²) in [7, 11) is 0. The molecule has 2 aliphatic carbocycles. The van der Waals surface area contributed by atoms with Crippen LogP contribution in [0.1, 0.15) is 69.5 Å². The Morgan fingerprint density at radius 2 is 1.89 bits per heavy atom. The van der Waals surface area contributed by atoms with Crippen LogP contribution in [-0.2, 0) is 0 Å². The number of aromatic nitrogens is 8. The van der Waals surface area contributed by atoms with Gasteiger partial charge in [-0.1, -0.05) is 18.1 Å². The lowest BCUT2D eigenvalue weighted by Crippen LogP contribution is -2.36. The number of aliphatic hydroxyl groups excluding tert-OH is 2. The van der Waals surface area contributed by atoms with E-state index in [0.717, 1.165) is 51.4 Å². The minimum Gasteiger partial charge on any atom is -0.396 e. The van der Waals surface area contributed by atoms with Gasteiger partial charge in [0.2, 0.25) is 0 Å². The van der Waals surface area contributed by atoms with Crippen LogP contribution in [-0.4, -0.2) is 68.3 Å². The Balaban J connectivity index is 1.27. The van der Waals surface area contributed by atoms with E-state index in [0.29, 0.717) is 22.7 Å². The van der Waals surface area contributed by atoms with Crippen LogP contribution in [0.5, 0.6) is 0 Å². The molecule has 2 aliphatic rings. The standard InChI is InChI=1S/C25H31F2N9O2/c26-24(27)23-20(13-35(32-23)16-7-5-15(14-37)6-8-16)36-12-19(31-33-36)17-11-28-34-10-9-22(30-25(17)34)29-18-3-1-2-4-21(18)38/h9-13,15-16,18,21,24,37-38H,1-8,14H2,(H,29,30)/t15?,16?,18-,21+/m1/s1. The molecule has 2 fully saturated rings. The molecule has 0 amide bonds. The predicted molar refractivity (Wildman–Crippen MR) is 134 cm³/mol. The quantitative estimate of drug-likeness (QED) is 0.333. The van der Waals surface area contributed by atoms with Crippen molar-refractivity contribution >= 4 is 11.5 Å². The van der Waals surface area contributed by atoms with Gasteiger partial charge < -0.3 is 15.5 Å². The second-order valence-corrected chi connectivity index (χ2v) is 10.3. The van der Waals surface area contributed by atoms with E-state index < -0.39 is 12.5 Å². The summed E-state index contributed by atoms with van der Waals surface area (Å²) in [6, 6.07) is 1.75. The van der Waals surface area contributed by atoms with Crippen molar-refractivity contribution in [2.24, 2.45) is 5.92 Å². The van der Waals surface area contributed by atoms with E-state index in [1.54, 1.807) is 40.1 Å². The summed E-state index contributed by atoms with van der Waals surface area (Å²) in [4.78, 5) is 4.69. The topological polar surface area (TPSA) is 131 Å². The maximum absolute atomic E-state index is 13.9. The number of halogens is 2. The molecule has 4 aromatic heterocycles. The molecule has 0 bridgehead atoms. The molecule has 4 aromatic rings. The van der Waals surface area contributed by atoms with Crippen LogP contribution in [0.4, 0.5) is 14.6 Å². The number of alkyl halides is 2. The molecule has 4 heterocycles. The Morgan fingerprint density at radius 1 is 1.08 bits per heavy atom. The maximum atomic E-state index is 13.9. The fourth-order valence-corrected chi connectivity index (χ4v) is 5.61. The average Bonchev–Trinajstić information content (AvgIpc) is 3.68. The molecule has 2 atom stereocenters. The van der Waals surface area contributed by atoms with Gasteiger partial charge >= 0.3 is 0 Å². The zero-order chi connectivity index (χ0) is 26.2. The van der Waals surface area contributed by atoms with Gasteiger partial charge in [-0.15, -0.1) is 5.10 Å². The van der Waals surface area contributed by atoms with Crippen LogP contribution in [0.3, 0.4) is 0 Å². The average molecular weight is 528 g/mol. The number of nitrogens with zero attached hydrogens (tertiary/aromatic N) is 8. The Kier molecular flexibility index (Phi) is 6.78. The third-order valence-electron chi connectivity index (χ3n) is 7.84. The highest BCUT2D eigenvalue weighted by atomic mass is 19.3. The van der Waals surface area contributed by atoms with Gasteiger partial charge in [0.05, 0.1) is 42.3 Å². The summed E-state index contributed by atoms with van der Waals surface area (Å²) in [6.45, 7) is 0.152. The first-order valence-electron chi connectivity index (χ1n) is 13.2. The summed E-state index contributed by atoms with van der Waals surface area (Å²) < 4.78 is 32.4. The Morgan fingerprint density at radius 3 is 2.66 bits per heavy atom. The Bertz CT molecular complexity index is 1390. The lowest BCUT2D eigenvalue weighted by molar-refractivity contribution is 0.116. The van der Waals surface area contributed by atoms with E-state index in [1.165, 1.54) is 4.68 Å². The lowest BCUT2D eigenvalue weighted by atomic mass is 9.87. The van der Waals surface area contributed by atoms with Crippen molar-refractivity contribution in [1.82, 2.24) is 39.4 Å². The number of aliphatic hydroxyl groups is 2. The van der Waals surface area contributed by atoms with E-state index in [9.17, 15) is 19.0 Å². The predicted octanol–water partition coefficient (Wildman–Crippen LogP) is 3.55. The van der Waals surface area contributed by atoms with Gasteiger partial charge in [-0.2, -0.15) is 10.2 Å². The van der Waals surface area contributed by atoms with Crippen LogP contribution in [0, 0.1) is 5.92 Å². The van der Waals surface area contributed by atoms with Gasteiger partial charge in [-0.3, -0.25) is 4.68 Å². The van der Waals surface area contributed by atoms with Gasteiger partial charge in [0.25, 0.3) is 6.43 Å². The third kappa shape index (κ3) is 4.75. The van der Waals surface area contributed by atoms with Gasteiger partial charge in [0, 0.05) is 12.8 Å². The molecule has 11 nitrogen and oxygen atoms in total. The third-order valence-corrected chi connectivity index (χ3v) is 7.84. The molecule has 0 spiro atoms. The smallest absolute Gasteiger partial charge is 0.284 e. The highest BCUT2D eigenvalue weighted by molar-refractivity contribution is 5.74. The van der Waals surface area contributed by atoms with E-state index in [1.807, 2.05) is 0 Å². The molecule has 38 heavy (non-hydrogen) atoms. The largest absolute Gasteiger partial charge is 0.396 e. The first kappa shape index (κ1) is 24.9. The summed E-state index contributed by atoms with van der Waals surface area (Å²) in [5.74, 6) is 0.881. The van der Waals surface area contributed by atoms with Gasteiger partial charge in [-0.05, 0) is 50.5 Å². The number of hydrogen-bond donors (Lipinski definition) is 3. The zero-order valence-corrected chi connectivity index (χ0v) is 20.9. The number of rotatable bonds is 7. The monoisotopic (exact) mass is 527 g/mol. The van der Waals surface area contributed by atoms with Crippen LogP contribution < -0.4 is 5.32 Å². The molecular weight excluding hydrogens is 496 g/mol. The van der Waals surface area contributed by atoms with Gasteiger partial charge in [0.15, 0.2) is 11.3 Å². The molecule has 0 saturated heterocycles. The second kappa shape index (κ2) is 10.4.